The van der Waals surface area contributed by atoms with Crippen molar-refractivity contribution < 1.29 is 14.6 Å². The van der Waals surface area contributed by atoms with Crippen LogP contribution in [0.4, 0.5) is 0 Å². The molecule has 0 aliphatic carbocycles. The molecule has 0 aromatic rings. The highest BCUT2D eigenvalue weighted by molar-refractivity contribution is 6.29. The Hall–Kier alpha value is -0.320. The molecular weight excluding hydrogens is 206 g/mol. The van der Waals surface area contributed by atoms with Crippen LogP contribution in [0.2, 0.25) is 0 Å². The number of carboxylic acids is 1. The minimum absolute atomic E-state index is 0.310. The summed E-state index contributed by atoms with van der Waals surface area (Å²) in [7, 11) is 0. The van der Waals surface area contributed by atoms with Gasteiger partial charge in [-0.2, -0.15) is 0 Å². The molecule has 14 heavy (non-hydrogen) atoms. The summed E-state index contributed by atoms with van der Waals surface area (Å²) in [6.45, 7) is 4.59. The quantitative estimate of drug-likeness (QED) is 0.714. The molecule has 1 saturated heterocycles. The zero-order chi connectivity index (χ0) is 10.6. The number of hydrogen-bond donors (Lipinski definition) is 1. The van der Waals surface area contributed by atoms with Gasteiger partial charge in [-0.25, -0.2) is 0 Å². The molecular formula is C9H16ClNO3. The summed E-state index contributed by atoms with van der Waals surface area (Å²) >= 11 is 5.69. The highest BCUT2D eigenvalue weighted by Crippen LogP contribution is 2.12. The third-order valence-electron chi connectivity index (χ3n) is 2.48. The third-order valence-corrected chi connectivity index (χ3v) is 2.81. The number of alkyl halides is 1. The third kappa shape index (κ3) is 3.12. The van der Waals surface area contributed by atoms with E-state index in [9.17, 15) is 4.79 Å². The van der Waals surface area contributed by atoms with E-state index in [0.29, 0.717) is 25.8 Å². The Balaban J connectivity index is 2.44. The predicted molar refractivity (Wildman–Crippen MR) is 53.7 cm³/mol. The second-order valence-corrected chi connectivity index (χ2v) is 3.96. The van der Waals surface area contributed by atoms with Crippen LogP contribution in [0.3, 0.4) is 0 Å². The molecule has 5 heteroatoms. The maximum Gasteiger partial charge on any atom is 0.322 e. The lowest BCUT2D eigenvalue weighted by atomic mass is 10.1. The Morgan fingerprint density at radius 1 is 1.79 bits per heavy atom. The van der Waals surface area contributed by atoms with E-state index in [2.05, 4.69) is 11.8 Å². The average molecular weight is 222 g/mol. The van der Waals surface area contributed by atoms with Crippen molar-refractivity contribution in [3.05, 3.63) is 0 Å². The molecule has 4 nitrogen and oxygen atoms in total. The van der Waals surface area contributed by atoms with Gasteiger partial charge in [0.2, 0.25) is 0 Å². The summed E-state index contributed by atoms with van der Waals surface area (Å²) < 4.78 is 5.31. The smallest absolute Gasteiger partial charge is 0.322 e. The first-order valence-corrected chi connectivity index (χ1v) is 5.27. The minimum Gasteiger partial charge on any atom is -0.480 e. The summed E-state index contributed by atoms with van der Waals surface area (Å²) in [5.74, 6) is -0.951. The molecule has 0 aromatic heterocycles. The van der Waals surface area contributed by atoms with Gasteiger partial charge in [0, 0.05) is 19.1 Å². The molecule has 82 valence electrons. The highest BCUT2D eigenvalue weighted by atomic mass is 35.5. The topological polar surface area (TPSA) is 49.8 Å². The number of halogens is 1. The molecule has 1 rings (SSSR count). The van der Waals surface area contributed by atoms with Crippen LogP contribution in [0.1, 0.15) is 13.3 Å². The Bertz CT molecular complexity index is 200. The second kappa shape index (κ2) is 5.53. The molecule has 2 atom stereocenters. The van der Waals surface area contributed by atoms with Gasteiger partial charge in [0.05, 0.1) is 13.2 Å². The summed E-state index contributed by atoms with van der Waals surface area (Å²) in [6, 6.07) is 0.310. The van der Waals surface area contributed by atoms with Crippen molar-refractivity contribution >= 4 is 17.6 Å². The lowest BCUT2D eigenvalue weighted by Crippen LogP contribution is -2.48. The van der Waals surface area contributed by atoms with Crippen LogP contribution in [0.25, 0.3) is 0 Å². The van der Waals surface area contributed by atoms with Crippen LogP contribution in [0.5, 0.6) is 0 Å². The van der Waals surface area contributed by atoms with Crippen molar-refractivity contribution in [3.8, 4) is 0 Å². The Kier molecular flexibility index (Phi) is 4.65. The largest absolute Gasteiger partial charge is 0.480 e. The van der Waals surface area contributed by atoms with Crippen molar-refractivity contribution in [3.63, 3.8) is 0 Å². The number of nitrogens with zero attached hydrogens (tertiary/aromatic N) is 1. The van der Waals surface area contributed by atoms with Gasteiger partial charge in [-0.3, -0.25) is 9.69 Å². The Morgan fingerprint density at radius 3 is 3.07 bits per heavy atom. The Morgan fingerprint density at radius 2 is 2.50 bits per heavy atom. The van der Waals surface area contributed by atoms with E-state index in [-0.39, 0.29) is 0 Å². The van der Waals surface area contributed by atoms with Gasteiger partial charge in [0.15, 0.2) is 0 Å². The molecule has 0 amide bonds. The molecule has 0 aromatic carbocycles. The fourth-order valence-corrected chi connectivity index (χ4v) is 1.77. The van der Waals surface area contributed by atoms with Crippen LogP contribution < -0.4 is 0 Å². The molecule has 0 saturated carbocycles. The standard InChI is InChI=1S/C9H16ClNO3/c1-2-7-6-14-4-3-11(7)5-8(10)9(12)13/h7-8H,2-6H2,1H3,(H,12,13). The lowest BCUT2D eigenvalue weighted by Gasteiger charge is -2.35. The van der Waals surface area contributed by atoms with Crippen LogP contribution in [0, 0.1) is 0 Å². The van der Waals surface area contributed by atoms with Gasteiger partial charge >= 0.3 is 5.97 Å². The first-order chi connectivity index (χ1) is 6.65. The molecule has 0 radical (unpaired) electrons. The predicted octanol–water partition coefficient (Wildman–Crippen LogP) is 0.789. The van der Waals surface area contributed by atoms with E-state index in [1.807, 2.05) is 0 Å². The summed E-state index contributed by atoms with van der Waals surface area (Å²) in [6.07, 6.45) is 0.962. The van der Waals surface area contributed by atoms with Crippen LogP contribution in [-0.4, -0.2) is 53.7 Å². The highest BCUT2D eigenvalue weighted by Gasteiger charge is 2.25. The minimum atomic E-state index is -0.951. The molecule has 1 aliphatic heterocycles. The average Bonchev–Trinajstić information content (AvgIpc) is 2.18. The SMILES string of the molecule is CCC1COCCN1CC(Cl)C(=O)O. The van der Waals surface area contributed by atoms with Gasteiger partial charge in [-0.05, 0) is 6.42 Å². The lowest BCUT2D eigenvalue weighted by molar-refractivity contribution is -0.137. The molecule has 2 unspecified atom stereocenters. The van der Waals surface area contributed by atoms with Crippen LogP contribution in [0.15, 0.2) is 0 Å². The summed E-state index contributed by atoms with van der Waals surface area (Å²) in [5.41, 5.74) is 0. The molecule has 0 bridgehead atoms. The fraction of sp³-hybridized carbons (Fsp3) is 0.889. The first-order valence-electron chi connectivity index (χ1n) is 4.83. The molecule has 1 aliphatic rings. The maximum atomic E-state index is 10.6. The van der Waals surface area contributed by atoms with E-state index < -0.39 is 11.3 Å². The van der Waals surface area contributed by atoms with Gasteiger partial charge in [0.1, 0.15) is 5.38 Å². The number of carbonyl (C=O) groups is 1. The maximum absolute atomic E-state index is 10.6. The number of hydrogen-bond acceptors (Lipinski definition) is 3. The summed E-state index contributed by atoms with van der Waals surface area (Å²) in [4.78, 5) is 12.7. The van der Waals surface area contributed by atoms with Crippen molar-refractivity contribution in [1.82, 2.24) is 4.90 Å². The number of morpholine rings is 1. The molecule has 1 heterocycles. The molecule has 0 spiro atoms. The van der Waals surface area contributed by atoms with Gasteiger partial charge in [-0.1, -0.05) is 6.92 Å². The van der Waals surface area contributed by atoms with E-state index in [1.54, 1.807) is 0 Å². The number of rotatable bonds is 4. The van der Waals surface area contributed by atoms with E-state index in [1.165, 1.54) is 0 Å². The van der Waals surface area contributed by atoms with E-state index in [4.69, 9.17) is 21.4 Å². The Labute approximate surface area is 88.8 Å². The monoisotopic (exact) mass is 221 g/mol. The first kappa shape index (κ1) is 11.8. The number of aliphatic carboxylic acids is 1. The van der Waals surface area contributed by atoms with Crippen molar-refractivity contribution in [2.75, 3.05) is 26.3 Å². The fourth-order valence-electron chi connectivity index (χ4n) is 1.59. The zero-order valence-corrected chi connectivity index (χ0v) is 9.04. The van der Waals surface area contributed by atoms with Crippen LogP contribution >= 0.6 is 11.6 Å². The van der Waals surface area contributed by atoms with Crippen molar-refractivity contribution in [2.45, 2.75) is 24.8 Å². The number of carboxylic acid groups (broad SMARTS) is 1. The van der Waals surface area contributed by atoms with Crippen LogP contribution in [-0.2, 0) is 9.53 Å². The number of ether oxygens (including phenoxy) is 1. The second-order valence-electron chi connectivity index (χ2n) is 3.44. The van der Waals surface area contributed by atoms with Gasteiger partial charge in [0.25, 0.3) is 0 Å². The van der Waals surface area contributed by atoms with E-state index in [0.717, 1.165) is 13.0 Å². The summed E-state index contributed by atoms with van der Waals surface area (Å²) in [5, 5.41) is 7.86. The molecule has 1 fully saturated rings. The van der Waals surface area contributed by atoms with Crippen molar-refractivity contribution in [1.29, 1.82) is 0 Å². The normalized spacial score (nSPS) is 26.0. The molecule has 1 N–H and O–H groups in total. The van der Waals surface area contributed by atoms with Gasteiger partial charge in [-0.15, -0.1) is 11.6 Å². The zero-order valence-electron chi connectivity index (χ0n) is 8.28. The van der Waals surface area contributed by atoms with Gasteiger partial charge < -0.3 is 9.84 Å². The van der Waals surface area contributed by atoms with E-state index >= 15 is 0 Å². The van der Waals surface area contributed by atoms with Crippen molar-refractivity contribution in [2.24, 2.45) is 0 Å².